The summed E-state index contributed by atoms with van der Waals surface area (Å²) in [5.74, 6) is 0.987. The molecule has 0 N–H and O–H groups in total. The highest BCUT2D eigenvalue weighted by atomic mass is 16.5. The highest BCUT2D eigenvalue weighted by molar-refractivity contribution is 5.37. The van der Waals surface area contributed by atoms with Crippen LogP contribution in [0.4, 0.5) is 0 Å². The van der Waals surface area contributed by atoms with Crippen LogP contribution in [0.25, 0.3) is 0 Å². The summed E-state index contributed by atoms with van der Waals surface area (Å²) in [7, 11) is 4.14. The molecule has 1 aliphatic rings. The number of rotatable bonds is 5. The molecule has 6 nitrogen and oxygen atoms in total. The average molecular weight is 273 g/mol. The molecule has 0 saturated heterocycles. The molecule has 2 aromatic rings. The van der Waals surface area contributed by atoms with Gasteiger partial charge in [0.2, 0.25) is 0 Å². The van der Waals surface area contributed by atoms with Crippen LogP contribution in [0.2, 0.25) is 0 Å². The molecule has 6 heteroatoms. The maximum Gasteiger partial charge on any atom is 0.138 e. The predicted molar refractivity (Wildman–Crippen MR) is 74.6 cm³/mol. The lowest BCUT2D eigenvalue weighted by molar-refractivity contribution is 0.138. The molecule has 20 heavy (non-hydrogen) atoms. The second-order valence-corrected chi connectivity index (χ2v) is 5.42. The molecule has 0 amide bonds. The molecule has 2 heterocycles. The number of benzene rings is 1. The molecule has 2 atom stereocenters. The summed E-state index contributed by atoms with van der Waals surface area (Å²) in [6.45, 7) is 0.973. The third-order valence-corrected chi connectivity index (χ3v) is 3.68. The summed E-state index contributed by atoms with van der Waals surface area (Å²) in [6.07, 6.45) is 3.63. The summed E-state index contributed by atoms with van der Waals surface area (Å²) in [6, 6.07) is 8.36. The first-order chi connectivity index (χ1) is 9.74. The fourth-order valence-corrected chi connectivity index (χ4v) is 2.62. The van der Waals surface area contributed by atoms with Crippen LogP contribution in [0.5, 0.6) is 5.75 Å². The minimum absolute atomic E-state index is 0.0934. The van der Waals surface area contributed by atoms with Crippen molar-refractivity contribution in [2.75, 3.05) is 20.6 Å². The fourth-order valence-electron chi connectivity index (χ4n) is 2.62. The highest BCUT2D eigenvalue weighted by Gasteiger charge is 2.32. The van der Waals surface area contributed by atoms with Crippen molar-refractivity contribution < 1.29 is 4.74 Å². The number of para-hydroxylation sites is 1. The molecule has 0 radical (unpaired) electrons. The van der Waals surface area contributed by atoms with E-state index >= 15 is 0 Å². The van der Waals surface area contributed by atoms with Gasteiger partial charge in [-0.15, -0.1) is 5.10 Å². The van der Waals surface area contributed by atoms with E-state index in [1.165, 1.54) is 5.56 Å². The summed E-state index contributed by atoms with van der Waals surface area (Å²) >= 11 is 0. The third kappa shape index (κ3) is 2.65. The van der Waals surface area contributed by atoms with Crippen molar-refractivity contribution in [2.24, 2.45) is 0 Å². The van der Waals surface area contributed by atoms with Crippen molar-refractivity contribution in [2.45, 2.75) is 25.0 Å². The van der Waals surface area contributed by atoms with Crippen LogP contribution in [-0.4, -0.2) is 51.9 Å². The van der Waals surface area contributed by atoms with Crippen molar-refractivity contribution in [3.63, 3.8) is 0 Å². The van der Waals surface area contributed by atoms with E-state index in [0.717, 1.165) is 25.1 Å². The minimum Gasteiger partial charge on any atom is -0.488 e. The Balaban J connectivity index is 1.77. The van der Waals surface area contributed by atoms with Crippen molar-refractivity contribution in [1.82, 2.24) is 25.1 Å². The van der Waals surface area contributed by atoms with Crippen LogP contribution < -0.4 is 4.74 Å². The topological polar surface area (TPSA) is 56.1 Å². The number of aromatic nitrogens is 4. The van der Waals surface area contributed by atoms with Gasteiger partial charge in [0.1, 0.15) is 18.2 Å². The maximum absolute atomic E-state index is 6.09. The van der Waals surface area contributed by atoms with Gasteiger partial charge >= 0.3 is 0 Å². The Hall–Kier alpha value is -1.95. The first-order valence-corrected chi connectivity index (χ1v) is 6.86. The maximum atomic E-state index is 6.09. The van der Waals surface area contributed by atoms with Gasteiger partial charge < -0.3 is 9.64 Å². The molecule has 106 valence electrons. The average Bonchev–Trinajstić information content (AvgIpc) is 3.07. The zero-order chi connectivity index (χ0) is 13.9. The molecule has 1 aromatic heterocycles. The third-order valence-electron chi connectivity index (χ3n) is 3.68. The Morgan fingerprint density at radius 1 is 1.40 bits per heavy atom. The van der Waals surface area contributed by atoms with Gasteiger partial charge in [-0.2, -0.15) is 0 Å². The zero-order valence-electron chi connectivity index (χ0n) is 11.8. The Labute approximate surface area is 118 Å². The van der Waals surface area contributed by atoms with Crippen LogP contribution >= 0.6 is 0 Å². The molecular formula is C14H19N5O. The van der Waals surface area contributed by atoms with Crippen LogP contribution in [-0.2, 0) is 6.42 Å². The van der Waals surface area contributed by atoms with Gasteiger partial charge in [0.15, 0.2) is 0 Å². The standard InChI is InChI=1S/C14H19N5O/c1-18(2)8-7-12(19-10-15-16-17-19)14-9-11-5-3-4-6-13(11)20-14/h3-6,10,12,14H,7-9H2,1-2H3. The monoisotopic (exact) mass is 273 g/mol. The SMILES string of the molecule is CN(C)CCC(C1Cc2ccccc2O1)n1cnnn1. The van der Waals surface area contributed by atoms with Crippen LogP contribution in [0.1, 0.15) is 18.0 Å². The molecule has 0 saturated carbocycles. The van der Waals surface area contributed by atoms with E-state index in [1.807, 2.05) is 16.8 Å². The smallest absolute Gasteiger partial charge is 0.138 e. The van der Waals surface area contributed by atoms with Crippen LogP contribution in [0.3, 0.4) is 0 Å². The number of nitrogens with zero attached hydrogens (tertiary/aromatic N) is 5. The first-order valence-electron chi connectivity index (χ1n) is 6.86. The van der Waals surface area contributed by atoms with E-state index in [1.54, 1.807) is 6.33 Å². The Morgan fingerprint density at radius 2 is 2.25 bits per heavy atom. The van der Waals surface area contributed by atoms with Crippen molar-refractivity contribution in [1.29, 1.82) is 0 Å². The van der Waals surface area contributed by atoms with Crippen LogP contribution in [0.15, 0.2) is 30.6 Å². The van der Waals surface area contributed by atoms with Crippen molar-refractivity contribution in [3.8, 4) is 5.75 Å². The normalized spacial score (nSPS) is 18.9. The van der Waals surface area contributed by atoms with E-state index in [0.29, 0.717) is 0 Å². The van der Waals surface area contributed by atoms with E-state index in [4.69, 9.17) is 4.74 Å². The fraction of sp³-hybridized carbons (Fsp3) is 0.500. The number of fused-ring (bicyclic) bond motifs is 1. The number of ether oxygens (including phenoxy) is 1. The van der Waals surface area contributed by atoms with E-state index in [-0.39, 0.29) is 12.1 Å². The number of hydrogen-bond donors (Lipinski definition) is 0. The largest absolute Gasteiger partial charge is 0.488 e. The summed E-state index contributed by atoms with van der Waals surface area (Å²) in [4.78, 5) is 2.17. The zero-order valence-corrected chi connectivity index (χ0v) is 11.8. The second-order valence-electron chi connectivity index (χ2n) is 5.42. The first kappa shape index (κ1) is 13.1. The van der Waals surface area contributed by atoms with Crippen molar-refractivity contribution >= 4 is 0 Å². The predicted octanol–water partition coefficient (Wildman–Crippen LogP) is 1.17. The van der Waals surface area contributed by atoms with Gasteiger partial charge in [0.25, 0.3) is 0 Å². The number of tetrazole rings is 1. The van der Waals surface area contributed by atoms with E-state index < -0.39 is 0 Å². The Kier molecular flexibility index (Phi) is 3.64. The summed E-state index contributed by atoms with van der Waals surface area (Å²) in [5, 5.41) is 11.6. The molecule has 1 aromatic carbocycles. The Bertz CT molecular complexity index is 529. The van der Waals surface area contributed by atoms with Crippen molar-refractivity contribution in [3.05, 3.63) is 36.2 Å². The number of hydrogen-bond acceptors (Lipinski definition) is 5. The minimum atomic E-state index is 0.0934. The van der Waals surface area contributed by atoms with Gasteiger partial charge in [-0.05, 0) is 49.1 Å². The lowest BCUT2D eigenvalue weighted by atomic mass is 10.0. The van der Waals surface area contributed by atoms with E-state index in [2.05, 4.69) is 46.7 Å². The summed E-state index contributed by atoms with van der Waals surface area (Å²) in [5.41, 5.74) is 1.26. The molecule has 1 aliphatic heterocycles. The molecule has 0 fully saturated rings. The van der Waals surface area contributed by atoms with Gasteiger partial charge in [0.05, 0.1) is 6.04 Å². The lowest BCUT2D eigenvalue weighted by Crippen LogP contribution is -2.31. The molecule has 2 unspecified atom stereocenters. The van der Waals surface area contributed by atoms with Gasteiger partial charge in [-0.1, -0.05) is 18.2 Å². The summed E-state index contributed by atoms with van der Waals surface area (Å²) < 4.78 is 7.91. The van der Waals surface area contributed by atoms with Gasteiger partial charge in [-0.3, -0.25) is 0 Å². The molecule has 0 spiro atoms. The van der Waals surface area contributed by atoms with E-state index in [9.17, 15) is 0 Å². The van der Waals surface area contributed by atoms with Gasteiger partial charge in [0, 0.05) is 6.42 Å². The Morgan fingerprint density at radius 3 is 2.95 bits per heavy atom. The van der Waals surface area contributed by atoms with Crippen LogP contribution in [0, 0.1) is 0 Å². The molecule has 3 rings (SSSR count). The second kappa shape index (κ2) is 5.58. The lowest BCUT2D eigenvalue weighted by Gasteiger charge is -2.24. The molecule has 0 aliphatic carbocycles. The quantitative estimate of drug-likeness (QED) is 0.818. The van der Waals surface area contributed by atoms with Gasteiger partial charge in [-0.25, -0.2) is 4.68 Å². The molecular weight excluding hydrogens is 254 g/mol. The molecule has 0 bridgehead atoms. The highest BCUT2D eigenvalue weighted by Crippen LogP contribution is 2.33.